The zero-order chi connectivity index (χ0) is 19.4. The maximum atomic E-state index is 12.0. The van der Waals surface area contributed by atoms with Gasteiger partial charge in [-0.15, -0.1) is 0 Å². The number of anilines is 1. The van der Waals surface area contributed by atoms with Crippen LogP contribution in [0.4, 0.5) is 5.69 Å². The van der Waals surface area contributed by atoms with Gasteiger partial charge < -0.3 is 20.5 Å². The maximum Gasteiger partial charge on any atom is 0.325 e. The van der Waals surface area contributed by atoms with E-state index < -0.39 is 11.9 Å². The summed E-state index contributed by atoms with van der Waals surface area (Å²) in [6.07, 6.45) is 3.84. The average Bonchev–Trinajstić information content (AvgIpc) is 3.51. The molecule has 1 heterocycles. The highest BCUT2D eigenvalue weighted by Gasteiger charge is 2.24. The molecular formula is C20H21N3O4. The van der Waals surface area contributed by atoms with Crippen LogP contribution < -0.4 is 10.6 Å². The minimum absolute atomic E-state index is 0.154. The highest BCUT2D eigenvalue weighted by Crippen LogP contribution is 2.36. The Balaban J connectivity index is 1.74. The topological polar surface area (TPSA) is 101 Å². The van der Waals surface area contributed by atoms with Gasteiger partial charge in [0.15, 0.2) is 5.69 Å². The fourth-order valence-corrected chi connectivity index (χ4v) is 2.59. The summed E-state index contributed by atoms with van der Waals surface area (Å²) in [6, 6.07) is 9.12. The number of methoxy groups -OCH3 is 1. The largest absolute Gasteiger partial charge is 0.505 e. The molecule has 1 aliphatic rings. The van der Waals surface area contributed by atoms with Crippen LogP contribution in [0.1, 0.15) is 23.3 Å². The summed E-state index contributed by atoms with van der Waals surface area (Å²) in [6.45, 7) is 3.76. The Morgan fingerprint density at radius 1 is 1.30 bits per heavy atom. The molecule has 27 heavy (non-hydrogen) atoms. The summed E-state index contributed by atoms with van der Waals surface area (Å²) in [4.78, 5) is 27.1. The Morgan fingerprint density at radius 2 is 2.07 bits per heavy atom. The molecule has 1 aliphatic carbocycles. The first-order valence-corrected chi connectivity index (χ1v) is 8.58. The number of hydrogen-bond donors (Lipinski definition) is 3. The first-order valence-electron chi connectivity index (χ1n) is 8.58. The zero-order valence-corrected chi connectivity index (χ0v) is 15.0. The minimum atomic E-state index is -0.652. The molecule has 0 saturated heterocycles. The lowest BCUT2D eigenvalue weighted by molar-refractivity contribution is -0.139. The van der Waals surface area contributed by atoms with E-state index in [1.807, 2.05) is 24.3 Å². The lowest BCUT2D eigenvalue weighted by Crippen LogP contribution is -2.30. The van der Waals surface area contributed by atoms with E-state index in [1.54, 1.807) is 0 Å². The Bertz CT molecular complexity index is 891. The second-order valence-electron chi connectivity index (χ2n) is 6.36. The number of aromatic hydroxyl groups is 1. The predicted octanol–water partition coefficient (Wildman–Crippen LogP) is 2.69. The molecule has 1 amide bonds. The quantitative estimate of drug-likeness (QED) is 0.651. The molecule has 2 aromatic rings. The van der Waals surface area contributed by atoms with Crippen LogP contribution in [0, 0.1) is 5.92 Å². The number of amides is 1. The summed E-state index contributed by atoms with van der Waals surface area (Å²) >= 11 is 0. The molecule has 7 heteroatoms. The Labute approximate surface area is 157 Å². The molecule has 7 nitrogen and oxygen atoms in total. The molecule has 0 atom stereocenters. The molecule has 1 fully saturated rings. The molecule has 140 valence electrons. The van der Waals surface area contributed by atoms with Gasteiger partial charge in [0, 0.05) is 23.1 Å². The molecule has 0 bridgehead atoms. The molecule has 3 rings (SSSR count). The van der Waals surface area contributed by atoms with Crippen molar-refractivity contribution in [1.82, 2.24) is 10.3 Å². The van der Waals surface area contributed by atoms with Gasteiger partial charge in [0.1, 0.15) is 12.3 Å². The summed E-state index contributed by atoms with van der Waals surface area (Å²) in [5, 5.41) is 15.8. The number of benzene rings is 1. The second-order valence-corrected chi connectivity index (χ2v) is 6.36. The Morgan fingerprint density at radius 3 is 2.74 bits per heavy atom. The van der Waals surface area contributed by atoms with Gasteiger partial charge in [0.25, 0.3) is 5.91 Å². The van der Waals surface area contributed by atoms with Crippen LogP contribution in [-0.4, -0.2) is 35.6 Å². The molecule has 3 N–H and O–H groups in total. The molecule has 1 saturated carbocycles. The molecule has 0 aliphatic heterocycles. The third-order valence-electron chi connectivity index (χ3n) is 4.27. The van der Waals surface area contributed by atoms with E-state index in [0.717, 1.165) is 16.9 Å². The number of rotatable bonds is 7. The molecule has 1 aromatic heterocycles. The fraction of sp³-hybridized carbons (Fsp3) is 0.250. The van der Waals surface area contributed by atoms with E-state index >= 15 is 0 Å². The Kier molecular flexibility index (Phi) is 5.40. The van der Waals surface area contributed by atoms with Gasteiger partial charge in [-0.25, -0.2) is 4.98 Å². The van der Waals surface area contributed by atoms with E-state index in [4.69, 9.17) is 0 Å². The number of allylic oxidation sites excluding steroid dienone is 1. The number of carbonyl (C=O) groups is 2. The normalized spacial score (nSPS) is 12.9. The van der Waals surface area contributed by atoms with Crippen LogP contribution in [0.15, 0.2) is 48.8 Å². The fourth-order valence-electron chi connectivity index (χ4n) is 2.59. The van der Waals surface area contributed by atoms with Gasteiger partial charge in [0.05, 0.1) is 7.11 Å². The molecule has 1 aromatic carbocycles. The first-order chi connectivity index (χ1) is 13.0. The van der Waals surface area contributed by atoms with Crippen molar-refractivity contribution in [3.63, 3.8) is 0 Å². The molecule has 0 radical (unpaired) electrons. The first kappa shape index (κ1) is 18.4. The van der Waals surface area contributed by atoms with Gasteiger partial charge in [-0.1, -0.05) is 18.7 Å². The number of nitrogens with zero attached hydrogens (tertiary/aromatic N) is 1. The highest BCUT2D eigenvalue weighted by molar-refractivity contribution is 5.96. The number of nitrogens with one attached hydrogen (secondary N) is 2. The van der Waals surface area contributed by atoms with Crippen LogP contribution in [0.3, 0.4) is 0 Å². The number of hydrogen-bond acceptors (Lipinski definition) is 6. The number of ether oxygens (including phenoxy) is 1. The third kappa shape index (κ3) is 4.63. The van der Waals surface area contributed by atoms with E-state index in [9.17, 15) is 14.7 Å². The number of esters is 1. The van der Waals surface area contributed by atoms with Crippen molar-refractivity contribution in [2.75, 3.05) is 19.0 Å². The van der Waals surface area contributed by atoms with Crippen molar-refractivity contribution in [1.29, 1.82) is 0 Å². The second kappa shape index (κ2) is 7.90. The molecular weight excluding hydrogens is 346 g/mol. The van der Waals surface area contributed by atoms with E-state index in [2.05, 4.69) is 26.9 Å². The Hall–Kier alpha value is -3.35. The average molecular weight is 367 g/mol. The number of aromatic nitrogens is 1. The van der Waals surface area contributed by atoms with Crippen LogP contribution in [0.25, 0.3) is 11.1 Å². The standard InChI is InChI=1S/C20H21N3O4/c1-12(13-6-7-13)23-16-5-3-4-14(8-16)15-9-17(24)19(21-10-15)20(26)22-11-18(25)27-2/h3-5,8-10,13,23-24H,1,6-7,11H2,2H3,(H,22,26). The smallest absolute Gasteiger partial charge is 0.325 e. The molecule has 0 spiro atoms. The summed E-state index contributed by atoms with van der Waals surface area (Å²) < 4.78 is 4.45. The summed E-state index contributed by atoms with van der Waals surface area (Å²) in [5.41, 5.74) is 3.26. The van der Waals surface area contributed by atoms with Gasteiger partial charge in [-0.05, 0) is 42.5 Å². The lowest BCUT2D eigenvalue weighted by Gasteiger charge is -2.11. The van der Waals surface area contributed by atoms with Crippen molar-refractivity contribution in [3.8, 4) is 16.9 Å². The zero-order valence-electron chi connectivity index (χ0n) is 15.0. The lowest BCUT2D eigenvalue weighted by atomic mass is 10.1. The van der Waals surface area contributed by atoms with Gasteiger partial charge >= 0.3 is 5.97 Å². The SMILES string of the molecule is C=C(Nc1cccc(-c2cnc(C(=O)NCC(=O)OC)c(O)c2)c1)C1CC1. The van der Waals surface area contributed by atoms with E-state index in [1.165, 1.54) is 32.2 Å². The summed E-state index contributed by atoms with van der Waals surface area (Å²) in [7, 11) is 1.22. The van der Waals surface area contributed by atoms with Gasteiger partial charge in [-0.2, -0.15) is 0 Å². The van der Waals surface area contributed by atoms with E-state index in [-0.39, 0.29) is 18.0 Å². The van der Waals surface area contributed by atoms with Gasteiger partial charge in [-0.3, -0.25) is 9.59 Å². The predicted molar refractivity (Wildman–Crippen MR) is 101 cm³/mol. The van der Waals surface area contributed by atoms with Crippen molar-refractivity contribution in [2.24, 2.45) is 5.92 Å². The van der Waals surface area contributed by atoms with Crippen LogP contribution in [-0.2, 0) is 9.53 Å². The number of pyridine rings is 1. The van der Waals surface area contributed by atoms with Crippen molar-refractivity contribution >= 4 is 17.6 Å². The van der Waals surface area contributed by atoms with Crippen molar-refractivity contribution in [2.45, 2.75) is 12.8 Å². The van der Waals surface area contributed by atoms with Crippen molar-refractivity contribution in [3.05, 3.63) is 54.5 Å². The van der Waals surface area contributed by atoms with Crippen LogP contribution >= 0.6 is 0 Å². The molecule has 0 unspecified atom stereocenters. The third-order valence-corrected chi connectivity index (χ3v) is 4.27. The number of carbonyl (C=O) groups excluding carboxylic acids is 2. The highest BCUT2D eigenvalue weighted by atomic mass is 16.5. The van der Waals surface area contributed by atoms with Crippen LogP contribution in [0.2, 0.25) is 0 Å². The monoisotopic (exact) mass is 367 g/mol. The van der Waals surface area contributed by atoms with Crippen LogP contribution in [0.5, 0.6) is 5.75 Å². The summed E-state index contributed by atoms with van der Waals surface area (Å²) in [5.74, 6) is -0.963. The van der Waals surface area contributed by atoms with Crippen molar-refractivity contribution < 1.29 is 19.4 Å². The van der Waals surface area contributed by atoms with Gasteiger partial charge in [0.2, 0.25) is 0 Å². The van der Waals surface area contributed by atoms with E-state index in [0.29, 0.717) is 11.5 Å². The minimum Gasteiger partial charge on any atom is -0.505 e. The maximum absolute atomic E-state index is 12.0.